The molecule has 2 aromatic carbocycles. The van der Waals surface area contributed by atoms with E-state index < -0.39 is 8.32 Å². The lowest BCUT2D eigenvalue weighted by atomic mass is 10.1. The summed E-state index contributed by atoms with van der Waals surface area (Å²) in [7, 11) is -2.48. The molecule has 0 fully saturated rings. The molecule has 0 radical (unpaired) electrons. The van der Waals surface area contributed by atoms with E-state index in [0.29, 0.717) is 6.61 Å². The Hall–Kier alpha value is -1.68. The van der Waals surface area contributed by atoms with Crippen LogP contribution in [0.2, 0.25) is 5.04 Å². The fourth-order valence-corrected chi connectivity index (χ4v) is 8.16. The van der Waals surface area contributed by atoms with E-state index in [4.69, 9.17) is 4.43 Å². The minimum Gasteiger partial charge on any atom is -0.404 e. The topological polar surface area (TPSA) is 29.5 Å². The number of benzene rings is 2. The van der Waals surface area contributed by atoms with Gasteiger partial charge in [0.15, 0.2) is 0 Å². The molecular formula is C24H34O2Si. The van der Waals surface area contributed by atoms with Gasteiger partial charge in [-0.1, -0.05) is 113 Å². The van der Waals surface area contributed by atoms with Gasteiger partial charge in [0.25, 0.3) is 8.32 Å². The van der Waals surface area contributed by atoms with Gasteiger partial charge in [-0.2, -0.15) is 0 Å². The molecule has 1 N–H and O–H groups in total. The number of aliphatic hydroxyl groups is 1. The zero-order valence-electron chi connectivity index (χ0n) is 17.2. The van der Waals surface area contributed by atoms with Crippen molar-refractivity contribution in [1.29, 1.82) is 0 Å². The monoisotopic (exact) mass is 382 g/mol. The number of rotatable bonds is 9. The molecule has 146 valence electrons. The lowest BCUT2D eigenvalue weighted by molar-refractivity contribution is 0.208. The number of hydrogen-bond donors (Lipinski definition) is 1. The largest absolute Gasteiger partial charge is 0.404 e. The molecule has 2 nitrogen and oxygen atoms in total. The number of aliphatic hydroxyl groups excluding tert-OH is 1. The van der Waals surface area contributed by atoms with Crippen LogP contribution in [0.25, 0.3) is 0 Å². The second-order valence-corrected chi connectivity index (χ2v) is 12.4. The fraction of sp³-hybridized carbons (Fsp3) is 0.417. The standard InChI is InChI=1S/C24H34O2Si/c1-5-6-14-21(25)15-13-20-26-27(24(2,3)4,22-16-9-7-10-17-22)23-18-11-8-12-19-23/h7-13,15-19,21,25H,5-6,14,20H2,1-4H3/b15-13+/t21-/m0/s1. The third kappa shape index (κ3) is 5.41. The quantitative estimate of drug-likeness (QED) is 0.504. The van der Waals surface area contributed by atoms with Crippen LogP contribution in [0.5, 0.6) is 0 Å². The lowest BCUT2D eigenvalue weighted by Gasteiger charge is -2.42. The van der Waals surface area contributed by atoms with Crippen LogP contribution in [0, 0.1) is 0 Å². The Labute approximate surface area is 166 Å². The normalized spacial score (nSPS) is 13.8. The molecule has 27 heavy (non-hydrogen) atoms. The first kappa shape index (κ1) is 21.6. The summed E-state index contributed by atoms with van der Waals surface area (Å²) in [6.45, 7) is 9.48. The van der Waals surface area contributed by atoms with Crippen LogP contribution in [0.1, 0.15) is 47.0 Å². The van der Waals surface area contributed by atoms with Gasteiger partial charge >= 0.3 is 0 Å². The van der Waals surface area contributed by atoms with Crippen LogP contribution in [-0.4, -0.2) is 26.1 Å². The third-order valence-corrected chi connectivity index (χ3v) is 10.0. The van der Waals surface area contributed by atoms with E-state index in [1.807, 2.05) is 12.2 Å². The molecule has 0 unspecified atom stereocenters. The molecule has 0 amide bonds. The summed E-state index contributed by atoms with van der Waals surface area (Å²) in [5.74, 6) is 0. The molecule has 0 bridgehead atoms. The fourth-order valence-electron chi connectivity index (χ4n) is 3.66. The summed E-state index contributed by atoms with van der Waals surface area (Å²) in [5, 5.41) is 12.6. The molecule has 0 aliphatic carbocycles. The van der Waals surface area contributed by atoms with E-state index in [1.54, 1.807) is 0 Å². The van der Waals surface area contributed by atoms with Gasteiger partial charge in [0.2, 0.25) is 0 Å². The van der Waals surface area contributed by atoms with Gasteiger partial charge in [0, 0.05) is 0 Å². The van der Waals surface area contributed by atoms with Crippen LogP contribution in [0.4, 0.5) is 0 Å². The molecule has 3 heteroatoms. The first-order valence-electron chi connectivity index (χ1n) is 10.0. The summed E-state index contributed by atoms with van der Waals surface area (Å²) < 4.78 is 6.76. The molecule has 0 aromatic heterocycles. The predicted molar refractivity (Wildman–Crippen MR) is 118 cm³/mol. The van der Waals surface area contributed by atoms with Crippen LogP contribution in [0.3, 0.4) is 0 Å². The van der Waals surface area contributed by atoms with Crippen molar-refractivity contribution < 1.29 is 9.53 Å². The van der Waals surface area contributed by atoms with E-state index in [0.717, 1.165) is 19.3 Å². The molecule has 0 aliphatic rings. The van der Waals surface area contributed by atoms with E-state index in [9.17, 15) is 5.11 Å². The Morgan fingerprint density at radius 3 is 1.93 bits per heavy atom. The minimum absolute atomic E-state index is 0.0234. The molecule has 0 heterocycles. The van der Waals surface area contributed by atoms with Crippen molar-refractivity contribution in [2.45, 2.75) is 58.1 Å². The van der Waals surface area contributed by atoms with Crippen molar-refractivity contribution in [3.05, 3.63) is 72.8 Å². The van der Waals surface area contributed by atoms with Crippen molar-refractivity contribution in [3.63, 3.8) is 0 Å². The highest BCUT2D eigenvalue weighted by Gasteiger charge is 2.49. The van der Waals surface area contributed by atoms with E-state index >= 15 is 0 Å². The average Bonchev–Trinajstić information content (AvgIpc) is 2.67. The number of hydrogen-bond acceptors (Lipinski definition) is 2. The maximum atomic E-state index is 10.1. The minimum atomic E-state index is -2.48. The van der Waals surface area contributed by atoms with E-state index in [1.165, 1.54) is 10.4 Å². The second kappa shape index (κ2) is 10.0. The third-order valence-electron chi connectivity index (χ3n) is 5.02. The van der Waals surface area contributed by atoms with Crippen LogP contribution in [0.15, 0.2) is 72.8 Å². The van der Waals surface area contributed by atoms with Crippen LogP contribution < -0.4 is 10.4 Å². The first-order valence-corrected chi connectivity index (χ1v) is 11.9. The van der Waals surface area contributed by atoms with Crippen LogP contribution >= 0.6 is 0 Å². The van der Waals surface area contributed by atoms with Gasteiger partial charge in [0.05, 0.1) is 12.7 Å². The summed E-state index contributed by atoms with van der Waals surface area (Å²) in [5.41, 5.74) is 0. The van der Waals surface area contributed by atoms with Gasteiger partial charge in [-0.05, 0) is 21.8 Å². The molecule has 2 rings (SSSR count). The highest BCUT2D eigenvalue weighted by molar-refractivity contribution is 6.99. The summed E-state index contributed by atoms with van der Waals surface area (Å²) in [6.07, 6.45) is 6.44. The van der Waals surface area contributed by atoms with Crippen molar-refractivity contribution in [1.82, 2.24) is 0 Å². The molecule has 0 saturated carbocycles. The maximum absolute atomic E-state index is 10.1. The smallest absolute Gasteiger partial charge is 0.261 e. The highest BCUT2D eigenvalue weighted by atomic mass is 28.4. The van der Waals surface area contributed by atoms with Gasteiger partial charge in [0.1, 0.15) is 0 Å². The Bertz CT molecular complexity index is 650. The van der Waals surface area contributed by atoms with E-state index in [-0.39, 0.29) is 11.1 Å². The SMILES string of the molecule is CCCC[C@H](O)/C=C/CO[Si](c1ccccc1)(c1ccccc1)C(C)(C)C. The highest BCUT2D eigenvalue weighted by Crippen LogP contribution is 2.36. The van der Waals surface area contributed by atoms with Crippen molar-refractivity contribution >= 4 is 18.7 Å². The Morgan fingerprint density at radius 2 is 1.48 bits per heavy atom. The first-order chi connectivity index (χ1) is 12.9. The summed E-state index contributed by atoms with van der Waals surface area (Å²) >= 11 is 0. The van der Waals surface area contributed by atoms with Gasteiger partial charge < -0.3 is 9.53 Å². The molecule has 2 aromatic rings. The maximum Gasteiger partial charge on any atom is 0.261 e. The zero-order valence-corrected chi connectivity index (χ0v) is 18.2. The lowest BCUT2D eigenvalue weighted by Crippen LogP contribution is -2.66. The Kier molecular flexibility index (Phi) is 8.02. The molecule has 0 spiro atoms. The summed E-state index contributed by atoms with van der Waals surface area (Å²) in [4.78, 5) is 0. The molecule has 0 saturated heterocycles. The predicted octanol–water partition coefficient (Wildman–Crippen LogP) is 4.67. The Balaban J connectivity index is 2.34. The molecule has 0 aliphatic heterocycles. The average molecular weight is 383 g/mol. The van der Waals surface area contributed by atoms with Gasteiger partial charge in [-0.15, -0.1) is 0 Å². The van der Waals surface area contributed by atoms with Gasteiger partial charge in [-0.25, -0.2) is 0 Å². The van der Waals surface area contributed by atoms with Crippen molar-refractivity contribution in [2.75, 3.05) is 6.61 Å². The Morgan fingerprint density at radius 1 is 0.963 bits per heavy atom. The van der Waals surface area contributed by atoms with E-state index in [2.05, 4.69) is 88.4 Å². The number of unbranched alkanes of at least 4 members (excludes halogenated alkanes) is 1. The molecule has 1 atom stereocenters. The zero-order chi connectivity index (χ0) is 19.8. The van der Waals surface area contributed by atoms with Crippen molar-refractivity contribution in [3.8, 4) is 0 Å². The second-order valence-electron chi connectivity index (χ2n) is 8.11. The molecular weight excluding hydrogens is 348 g/mol. The summed E-state index contributed by atoms with van der Waals surface area (Å²) in [6, 6.07) is 21.3. The van der Waals surface area contributed by atoms with Crippen LogP contribution in [-0.2, 0) is 4.43 Å². The van der Waals surface area contributed by atoms with Gasteiger partial charge in [-0.3, -0.25) is 0 Å². The van der Waals surface area contributed by atoms with Crippen molar-refractivity contribution in [2.24, 2.45) is 0 Å².